The van der Waals surface area contributed by atoms with Crippen molar-refractivity contribution in [2.45, 2.75) is 38.1 Å². The van der Waals surface area contributed by atoms with Crippen LogP contribution < -0.4 is 5.32 Å². The minimum atomic E-state index is -0.653. The molecule has 1 aliphatic carbocycles. The maximum absolute atomic E-state index is 11.8. The second kappa shape index (κ2) is 5.32. The molecule has 2 rings (SSSR count). The quantitative estimate of drug-likeness (QED) is 0.850. The van der Waals surface area contributed by atoms with E-state index in [0.29, 0.717) is 0 Å². The van der Waals surface area contributed by atoms with Crippen molar-refractivity contribution in [3.63, 3.8) is 0 Å². The van der Waals surface area contributed by atoms with Crippen LogP contribution in [0.4, 0.5) is 0 Å². The van der Waals surface area contributed by atoms with Crippen molar-refractivity contribution in [1.29, 1.82) is 5.26 Å². The first kappa shape index (κ1) is 12.8. The number of carbonyl (C=O) groups is 1. The van der Waals surface area contributed by atoms with Crippen LogP contribution in [0.3, 0.4) is 0 Å². The fourth-order valence-electron chi connectivity index (χ4n) is 2.14. The van der Waals surface area contributed by atoms with Crippen molar-refractivity contribution >= 4 is 23.3 Å². The third-order valence-corrected chi connectivity index (χ3v) is 3.87. The molecule has 0 aromatic carbocycles. The van der Waals surface area contributed by atoms with Gasteiger partial charge >= 0.3 is 0 Å². The highest BCUT2D eigenvalue weighted by atomic mass is 32.1. The molecule has 0 spiro atoms. The van der Waals surface area contributed by atoms with Crippen LogP contribution in [-0.2, 0) is 4.79 Å². The average molecular weight is 261 g/mol. The highest BCUT2D eigenvalue weighted by molar-refractivity contribution is 7.09. The van der Waals surface area contributed by atoms with E-state index in [1.807, 2.05) is 12.3 Å². The molecule has 0 saturated heterocycles. The first-order valence-electron chi connectivity index (χ1n) is 5.97. The highest BCUT2D eigenvalue weighted by Gasteiger charge is 2.34. The zero-order valence-corrected chi connectivity index (χ0v) is 11.1. The summed E-state index contributed by atoms with van der Waals surface area (Å²) in [7, 11) is 0. The number of nitrogens with zero attached hydrogens (tertiary/aromatic N) is 2. The Bertz CT molecular complexity index is 507. The first-order valence-corrected chi connectivity index (χ1v) is 6.85. The van der Waals surface area contributed by atoms with E-state index in [0.717, 1.165) is 36.4 Å². The molecular formula is C13H15N3OS. The third-order valence-electron chi connectivity index (χ3n) is 3.08. The summed E-state index contributed by atoms with van der Waals surface area (Å²) in [4.78, 5) is 16.0. The van der Waals surface area contributed by atoms with Gasteiger partial charge in [-0.25, -0.2) is 4.98 Å². The number of thiazole rings is 1. The Morgan fingerprint density at radius 3 is 2.89 bits per heavy atom. The Labute approximate surface area is 110 Å². The van der Waals surface area contributed by atoms with E-state index in [1.54, 1.807) is 17.4 Å². The van der Waals surface area contributed by atoms with Gasteiger partial charge in [-0.1, -0.05) is 0 Å². The van der Waals surface area contributed by atoms with Crippen LogP contribution in [-0.4, -0.2) is 16.4 Å². The Kier molecular flexibility index (Phi) is 3.78. The lowest BCUT2D eigenvalue weighted by atomic mass is 10.00. The van der Waals surface area contributed by atoms with Crippen LogP contribution in [0.15, 0.2) is 11.5 Å². The molecule has 1 saturated carbocycles. The molecule has 5 heteroatoms. The van der Waals surface area contributed by atoms with E-state index < -0.39 is 5.54 Å². The molecule has 0 aliphatic heterocycles. The lowest BCUT2D eigenvalue weighted by Crippen LogP contribution is -2.44. The van der Waals surface area contributed by atoms with E-state index >= 15 is 0 Å². The largest absolute Gasteiger partial charge is 0.334 e. The number of hydrogen-bond acceptors (Lipinski definition) is 4. The Morgan fingerprint density at radius 2 is 2.33 bits per heavy atom. The number of carbonyl (C=O) groups excluding carboxylic acids is 1. The number of amides is 1. The Hall–Kier alpha value is -1.67. The predicted octanol–water partition coefficient (Wildman–Crippen LogP) is 2.42. The van der Waals surface area contributed by atoms with Gasteiger partial charge in [0.25, 0.3) is 0 Å². The van der Waals surface area contributed by atoms with Crippen molar-refractivity contribution in [2.75, 3.05) is 0 Å². The molecule has 1 aromatic heterocycles. The van der Waals surface area contributed by atoms with Gasteiger partial charge in [-0.15, -0.1) is 11.3 Å². The summed E-state index contributed by atoms with van der Waals surface area (Å²) in [5.74, 6) is -0.218. The minimum Gasteiger partial charge on any atom is -0.334 e. The summed E-state index contributed by atoms with van der Waals surface area (Å²) < 4.78 is 0. The summed E-state index contributed by atoms with van der Waals surface area (Å²) in [6, 6.07) is 2.23. The fraction of sp³-hybridized carbons (Fsp3) is 0.462. The molecule has 1 aromatic rings. The molecular weight excluding hydrogens is 246 g/mol. The number of aromatic nitrogens is 1. The molecule has 0 bridgehead atoms. The molecule has 1 aliphatic rings. The topological polar surface area (TPSA) is 65.8 Å². The molecule has 0 unspecified atom stereocenters. The summed E-state index contributed by atoms with van der Waals surface area (Å²) in [6.07, 6.45) is 6.63. The molecule has 1 fully saturated rings. The Morgan fingerprint density at radius 1 is 1.61 bits per heavy atom. The number of aryl methyl sites for hydroxylation is 1. The van der Waals surface area contributed by atoms with Gasteiger partial charge < -0.3 is 5.32 Å². The number of hydrogen-bond donors (Lipinski definition) is 1. The second-order valence-electron chi connectivity index (χ2n) is 4.51. The molecule has 4 nitrogen and oxygen atoms in total. The summed E-state index contributed by atoms with van der Waals surface area (Å²) >= 11 is 1.55. The van der Waals surface area contributed by atoms with Crippen LogP contribution in [0.2, 0.25) is 0 Å². The normalized spacial score (nSPS) is 17.8. The molecule has 1 N–H and O–H groups in total. The van der Waals surface area contributed by atoms with Crippen LogP contribution in [0.1, 0.15) is 36.4 Å². The van der Waals surface area contributed by atoms with Gasteiger partial charge in [0.05, 0.1) is 16.8 Å². The van der Waals surface area contributed by atoms with Crippen molar-refractivity contribution in [3.8, 4) is 6.07 Å². The monoisotopic (exact) mass is 261 g/mol. The highest BCUT2D eigenvalue weighted by Crippen LogP contribution is 2.28. The Balaban J connectivity index is 1.96. The van der Waals surface area contributed by atoms with Crippen molar-refractivity contribution in [2.24, 2.45) is 0 Å². The van der Waals surface area contributed by atoms with E-state index in [4.69, 9.17) is 5.26 Å². The van der Waals surface area contributed by atoms with Crippen molar-refractivity contribution in [3.05, 3.63) is 22.2 Å². The number of nitrogens with one attached hydrogen (secondary N) is 1. The molecule has 94 valence electrons. The summed E-state index contributed by atoms with van der Waals surface area (Å²) in [6.45, 7) is 1.92. The van der Waals surface area contributed by atoms with Gasteiger partial charge in [0, 0.05) is 11.5 Å². The molecule has 1 heterocycles. The van der Waals surface area contributed by atoms with Gasteiger partial charge in [0.2, 0.25) is 5.91 Å². The maximum Gasteiger partial charge on any atom is 0.245 e. The van der Waals surface area contributed by atoms with Crippen LogP contribution in [0, 0.1) is 18.3 Å². The average Bonchev–Trinajstić information content (AvgIpc) is 2.97. The van der Waals surface area contributed by atoms with E-state index in [1.165, 1.54) is 6.08 Å². The van der Waals surface area contributed by atoms with E-state index in [9.17, 15) is 4.79 Å². The SMILES string of the molecule is Cc1nc(C=CC(=O)NC2(C#N)CCCC2)cs1. The predicted molar refractivity (Wildman–Crippen MR) is 70.8 cm³/mol. The minimum absolute atomic E-state index is 0.218. The van der Waals surface area contributed by atoms with E-state index in [2.05, 4.69) is 16.4 Å². The smallest absolute Gasteiger partial charge is 0.245 e. The molecule has 1 amide bonds. The van der Waals surface area contributed by atoms with Gasteiger partial charge in [0.1, 0.15) is 5.54 Å². The summed E-state index contributed by atoms with van der Waals surface area (Å²) in [5, 5.41) is 14.8. The zero-order valence-electron chi connectivity index (χ0n) is 10.3. The fourth-order valence-corrected chi connectivity index (χ4v) is 2.72. The van der Waals surface area contributed by atoms with E-state index in [-0.39, 0.29) is 5.91 Å². The lowest BCUT2D eigenvalue weighted by molar-refractivity contribution is -0.117. The first-order chi connectivity index (χ1) is 8.63. The van der Waals surface area contributed by atoms with Gasteiger partial charge in [-0.2, -0.15) is 5.26 Å². The maximum atomic E-state index is 11.8. The van der Waals surface area contributed by atoms with Gasteiger partial charge in [0.15, 0.2) is 0 Å². The zero-order chi connectivity index (χ0) is 13.0. The second-order valence-corrected chi connectivity index (χ2v) is 5.58. The number of nitriles is 1. The molecule has 18 heavy (non-hydrogen) atoms. The van der Waals surface area contributed by atoms with Crippen LogP contribution in [0.25, 0.3) is 6.08 Å². The number of rotatable bonds is 3. The lowest BCUT2D eigenvalue weighted by Gasteiger charge is -2.20. The van der Waals surface area contributed by atoms with Gasteiger partial charge in [-0.3, -0.25) is 4.79 Å². The molecule has 0 atom stereocenters. The third kappa shape index (κ3) is 2.96. The van der Waals surface area contributed by atoms with Crippen LogP contribution >= 0.6 is 11.3 Å². The van der Waals surface area contributed by atoms with Crippen molar-refractivity contribution in [1.82, 2.24) is 10.3 Å². The summed E-state index contributed by atoms with van der Waals surface area (Å²) in [5.41, 5.74) is 0.129. The standard InChI is InChI=1S/C13H15N3OS/c1-10-15-11(8-18-10)4-5-12(17)16-13(9-14)6-2-3-7-13/h4-5,8H,2-3,6-7H2,1H3,(H,16,17). The van der Waals surface area contributed by atoms with Gasteiger partial charge in [-0.05, 0) is 38.7 Å². The van der Waals surface area contributed by atoms with Crippen LogP contribution in [0.5, 0.6) is 0 Å². The van der Waals surface area contributed by atoms with Crippen molar-refractivity contribution < 1.29 is 4.79 Å². The molecule has 0 radical (unpaired) electrons.